The third kappa shape index (κ3) is 2.66. The first kappa shape index (κ1) is 10.4. The van der Waals surface area contributed by atoms with Crippen LogP contribution in [0.2, 0.25) is 0 Å². The summed E-state index contributed by atoms with van der Waals surface area (Å²) in [6, 6.07) is 5.68. The summed E-state index contributed by atoms with van der Waals surface area (Å²) in [6.07, 6.45) is 2.89. The molecule has 72 valence electrons. The number of amides is 1. The van der Waals surface area contributed by atoms with E-state index in [1.807, 2.05) is 32.0 Å². The highest BCUT2D eigenvalue weighted by Crippen LogP contribution is 2.09. The van der Waals surface area contributed by atoms with Gasteiger partial charge in [-0.05, 0) is 26.0 Å². The van der Waals surface area contributed by atoms with E-state index in [4.69, 9.17) is 0 Å². The van der Waals surface area contributed by atoms with Gasteiger partial charge in [0.1, 0.15) is 0 Å². The lowest BCUT2D eigenvalue weighted by Crippen LogP contribution is -1.96. The highest BCUT2D eigenvalue weighted by atomic mass is 16.1. The Kier molecular flexibility index (Phi) is 3.35. The average Bonchev–Trinajstić information content (AvgIpc) is 2.12. The lowest BCUT2D eigenvalue weighted by Gasteiger charge is -1.99. The van der Waals surface area contributed by atoms with E-state index >= 15 is 0 Å². The van der Waals surface area contributed by atoms with E-state index < -0.39 is 0 Å². The predicted molar refractivity (Wildman–Crippen MR) is 58.9 cm³/mol. The fourth-order valence-corrected chi connectivity index (χ4v) is 1.29. The summed E-state index contributed by atoms with van der Waals surface area (Å²) >= 11 is 0. The number of benzene rings is 1. The molecular weight excluding hydrogens is 174 g/mol. The van der Waals surface area contributed by atoms with Crippen molar-refractivity contribution in [2.45, 2.75) is 13.8 Å². The zero-order chi connectivity index (χ0) is 10.6. The van der Waals surface area contributed by atoms with Crippen molar-refractivity contribution < 1.29 is 4.79 Å². The normalized spacial score (nSPS) is 10.4. The molecule has 1 aromatic carbocycles. The van der Waals surface area contributed by atoms with Gasteiger partial charge in [-0.1, -0.05) is 29.8 Å². The predicted octanol–water partition coefficient (Wildman–Crippen LogP) is 2.70. The second kappa shape index (κ2) is 4.51. The molecule has 0 unspecified atom stereocenters. The molecule has 1 rings (SSSR count). The van der Waals surface area contributed by atoms with Crippen molar-refractivity contribution >= 4 is 12.1 Å². The molecule has 0 aliphatic rings. The maximum absolute atomic E-state index is 11.5. The number of aryl methyl sites for hydroxylation is 2. The summed E-state index contributed by atoms with van der Waals surface area (Å²) < 4.78 is 0. The van der Waals surface area contributed by atoms with Crippen molar-refractivity contribution in [2.24, 2.45) is 4.99 Å². The van der Waals surface area contributed by atoms with E-state index in [9.17, 15) is 4.79 Å². The van der Waals surface area contributed by atoms with E-state index in [2.05, 4.69) is 11.6 Å². The Hall–Kier alpha value is -1.70. The summed E-state index contributed by atoms with van der Waals surface area (Å²) in [4.78, 5) is 15.2. The van der Waals surface area contributed by atoms with Crippen LogP contribution in [0.3, 0.4) is 0 Å². The van der Waals surface area contributed by atoms with Crippen LogP contribution in [0.5, 0.6) is 0 Å². The molecule has 0 fully saturated rings. The number of rotatable bonds is 2. The van der Waals surface area contributed by atoms with Gasteiger partial charge in [-0.2, -0.15) is 0 Å². The van der Waals surface area contributed by atoms with Crippen LogP contribution in [-0.2, 0) is 0 Å². The molecule has 0 aliphatic heterocycles. The van der Waals surface area contributed by atoms with Gasteiger partial charge in [0.25, 0.3) is 5.91 Å². The number of hydrogen-bond acceptors (Lipinski definition) is 1. The summed E-state index contributed by atoms with van der Waals surface area (Å²) in [6.45, 7) is 7.38. The van der Waals surface area contributed by atoms with Crippen molar-refractivity contribution in [1.29, 1.82) is 0 Å². The standard InChI is InChI=1S/C12H13NO/c1-4-5-13-12(14)11-7-9(2)6-10(3)8-11/h4-8H,1H2,2-3H3. The van der Waals surface area contributed by atoms with Crippen LogP contribution in [0, 0.1) is 13.8 Å². The molecule has 0 N–H and O–H groups in total. The van der Waals surface area contributed by atoms with E-state index in [0.29, 0.717) is 5.56 Å². The first-order chi connectivity index (χ1) is 6.63. The van der Waals surface area contributed by atoms with E-state index in [1.54, 1.807) is 0 Å². The van der Waals surface area contributed by atoms with Gasteiger partial charge >= 0.3 is 0 Å². The van der Waals surface area contributed by atoms with Crippen LogP contribution >= 0.6 is 0 Å². The minimum absolute atomic E-state index is 0.225. The molecule has 0 aliphatic carbocycles. The molecular formula is C12H13NO. The smallest absolute Gasteiger partial charge is 0.267 e. The van der Waals surface area contributed by atoms with Gasteiger partial charge in [0.15, 0.2) is 0 Å². The Morgan fingerprint density at radius 3 is 2.36 bits per heavy atom. The molecule has 2 nitrogen and oxygen atoms in total. The lowest BCUT2D eigenvalue weighted by atomic mass is 10.1. The van der Waals surface area contributed by atoms with Crippen LogP contribution in [0.4, 0.5) is 0 Å². The van der Waals surface area contributed by atoms with Crippen molar-refractivity contribution in [2.75, 3.05) is 0 Å². The van der Waals surface area contributed by atoms with Gasteiger partial charge in [-0.3, -0.25) is 4.79 Å². The molecule has 1 aromatic rings. The van der Waals surface area contributed by atoms with Gasteiger partial charge in [0.2, 0.25) is 0 Å². The quantitative estimate of drug-likeness (QED) is 0.654. The van der Waals surface area contributed by atoms with E-state index in [0.717, 1.165) is 11.1 Å². The van der Waals surface area contributed by atoms with Gasteiger partial charge in [0.05, 0.1) is 0 Å². The second-order valence-corrected chi connectivity index (χ2v) is 3.20. The Morgan fingerprint density at radius 2 is 1.86 bits per heavy atom. The maximum atomic E-state index is 11.5. The number of nitrogens with zero attached hydrogens (tertiary/aromatic N) is 1. The molecule has 0 spiro atoms. The molecule has 0 atom stereocenters. The summed E-state index contributed by atoms with van der Waals surface area (Å²) in [5.41, 5.74) is 2.77. The number of hydrogen-bond donors (Lipinski definition) is 0. The van der Waals surface area contributed by atoms with Crippen LogP contribution in [0.1, 0.15) is 21.5 Å². The summed E-state index contributed by atoms with van der Waals surface area (Å²) in [5, 5.41) is 0. The van der Waals surface area contributed by atoms with Gasteiger partial charge in [0, 0.05) is 11.8 Å². The monoisotopic (exact) mass is 187 g/mol. The molecule has 0 saturated carbocycles. The summed E-state index contributed by atoms with van der Waals surface area (Å²) in [5.74, 6) is -0.225. The minimum Gasteiger partial charge on any atom is -0.267 e. The number of carbonyl (C=O) groups excluding carboxylic acids is 1. The fourth-order valence-electron chi connectivity index (χ4n) is 1.29. The first-order valence-corrected chi connectivity index (χ1v) is 4.41. The molecule has 0 bridgehead atoms. The largest absolute Gasteiger partial charge is 0.276 e. The molecule has 14 heavy (non-hydrogen) atoms. The van der Waals surface area contributed by atoms with Gasteiger partial charge < -0.3 is 0 Å². The Morgan fingerprint density at radius 1 is 1.29 bits per heavy atom. The minimum atomic E-state index is -0.225. The summed E-state index contributed by atoms with van der Waals surface area (Å²) in [7, 11) is 0. The van der Waals surface area contributed by atoms with Crippen molar-refractivity contribution in [3.05, 3.63) is 47.5 Å². The maximum Gasteiger partial charge on any atom is 0.276 e. The molecule has 0 heterocycles. The second-order valence-electron chi connectivity index (χ2n) is 3.20. The van der Waals surface area contributed by atoms with Gasteiger partial charge in [-0.25, -0.2) is 4.99 Å². The van der Waals surface area contributed by atoms with Crippen LogP contribution in [-0.4, -0.2) is 12.1 Å². The molecule has 0 radical (unpaired) electrons. The van der Waals surface area contributed by atoms with Crippen molar-refractivity contribution in [3.63, 3.8) is 0 Å². The molecule has 0 aromatic heterocycles. The first-order valence-electron chi connectivity index (χ1n) is 4.41. The highest BCUT2D eigenvalue weighted by molar-refractivity contribution is 6.00. The zero-order valence-corrected chi connectivity index (χ0v) is 8.45. The van der Waals surface area contributed by atoms with Crippen LogP contribution < -0.4 is 0 Å². The van der Waals surface area contributed by atoms with Gasteiger partial charge in [-0.15, -0.1) is 0 Å². The Bertz CT molecular complexity index is 371. The van der Waals surface area contributed by atoms with Crippen molar-refractivity contribution in [1.82, 2.24) is 0 Å². The van der Waals surface area contributed by atoms with E-state index in [1.165, 1.54) is 12.3 Å². The topological polar surface area (TPSA) is 29.4 Å². The van der Waals surface area contributed by atoms with E-state index in [-0.39, 0.29) is 5.91 Å². The zero-order valence-electron chi connectivity index (χ0n) is 8.45. The SMILES string of the molecule is C=CC=NC(=O)c1cc(C)cc(C)c1. The highest BCUT2D eigenvalue weighted by Gasteiger charge is 2.03. The number of aliphatic imine (C=N–C) groups is 1. The number of carbonyl (C=O) groups is 1. The molecule has 1 amide bonds. The lowest BCUT2D eigenvalue weighted by molar-refractivity contribution is 0.100. The Balaban J connectivity index is 3.01. The third-order valence-electron chi connectivity index (χ3n) is 1.77. The van der Waals surface area contributed by atoms with Crippen LogP contribution in [0.25, 0.3) is 0 Å². The fraction of sp³-hybridized carbons (Fsp3) is 0.167. The molecule has 0 saturated heterocycles. The molecule has 2 heteroatoms. The van der Waals surface area contributed by atoms with Crippen LogP contribution in [0.15, 0.2) is 35.8 Å². The van der Waals surface area contributed by atoms with Crippen molar-refractivity contribution in [3.8, 4) is 0 Å². The number of allylic oxidation sites excluding steroid dienone is 1. The third-order valence-corrected chi connectivity index (χ3v) is 1.77. The average molecular weight is 187 g/mol. The Labute approximate surface area is 84.0 Å².